The van der Waals surface area contributed by atoms with Crippen LogP contribution in [0.4, 0.5) is 4.39 Å². The molecule has 15 heavy (non-hydrogen) atoms. The summed E-state index contributed by atoms with van der Waals surface area (Å²) in [5.74, 6) is 2.11. The first-order chi connectivity index (χ1) is 6.84. The molecule has 0 spiro atoms. The Labute approximate surface area is 95.6 Å². The summed E-state index contributed by atoms with van der Waals surface area (Å²) in [5, 5.41) is 0. The third kappa shape index (κ3) is 6.92. The summed E-state index contributed by atoms with van der Waals surface area (Å²) in [4.78, 5) is 0. The fourth-order valence-corrected chi connectivity index (χ4v) is 1.74. The molecule has 0 N–H and O–H groups in total. The molecule has 0 bridgehead atoms. The molecule has 0 fully saturated rings. The third-order valence-corrected chi connectivity index (χ3v) is 3.49. The van der Waals surface area contributed by atoms with Crippen molar-refractivity contribution in [2.75, 3.05) is 0 Å². The van der Waals surface area contributed by atoms with Gasteiger partial charge >= 0.3 is 0 Å². The van der Waals surface area contributed by atoms with Crippen LogP contribution in [0.5, 0.6) is 0 Å². The molecule has 0 amide bonds. The average Bonchev–Trinajstić information content (AvgIpc) is 2.13. The fraction of sp³-hybridized carbons (Fsp3) is 1.00. The van der Waals surface area contributed by atoms with Crippen molar-refractivity contribution in [1.82, 2.24) is 0 Å². The van der Waals surface area contributed by atoms with Gasteiger partial charge in [-0.3, -0.25) is 0 Å². The molecule has 0 radical (unpaired) electrons. The highest BCUT2D eigenvalue weighted by Gasteiger charge is 2.19. The molecule has 1 heteroatoms. The number of halogens is 1. The van der Waals surface area contributed by atoms with Gasteiger partial charge in [-0.2, -0.15) is 0 Å². The number of hydrogen-bond donors (Lipinski definition) is 0. The van der Waals surface area contributed by atoms with Crippen LogP contribution in [0.3, 0.4) is 0 Å². The summed E-state index contributed by atoms with van der Waals surface area (Å²) in [5.41, 5.74) is 0. The highest BCUT2D eigenvalue weighted by Crippen LogP contribution is 2.26. The Hall–Kier alpha value is -0.0700. The van der Waals surface area contributed by atoms with Gasteiger partial charge < -0.3 is 0 Å². The molecular weight excluding hydrogens is 187 g/mol. The van der Waals surface area contributed by atoms with Crippen LogP contribution in [0.15, 0.2) is 0 Å². The van der Waals surface area contributed by atoms with E-state index in [1.165, 1.54) is 12.8 Å². The Balaban J connectivity index is 3.82. The van der Waals surface area contributed by atoms with Crippen molar-refractivity contribution in [3.63, 3.8) is 0 Å². The minimum absolute atomic E-state index is 0.171. The summed E-state index contributed by atoms with van der Waals surface area (Å²) < 4.78 is 13.5. The Morgan fingerprint density at radius 1 is 0.800 bits per heavy atom. The molecule has 3 atom stereocenters. The molecule has 0 saturated heterocycles. The SMILES string of the molecule is CC(C)CCC(C)C(C)CC(F)C(C)C. The van der Waals surface area contributed by atoms with Crippen LogP contribution >= 0.6 is 0 Å². The van der Waals surface area contributed by atoms with E-state index in [4.69, 9.17) is 0 Å². The third-order valence-electron chi connectivity index (χ3n) is 3.49. The van der Waals surface area contributed by atoms with Crippen LogP contribution < -0.4 is 0 Å². The molecule has 0 aliphatic rings. The lowest BCUT2D eigenvalue weighted by Gasteiger charge is -2.23. The van der Waals surface area contributed by atoms with E-state index in [0.717, 1.165) is 12.3 Å². The van der Waals surface area contributed by atoms with Gasteiger partial charge in [-0.15, -0.1) is 0 Å². The van der Waals surface area contributed by atoms with E-state index < -0.39 is 6.17 Å². The first kappa shape index (κ1) is 14.9. The van der Waals surface area contributed by atoms with E-state index in [1.54, 1.807) is 0 Å². The van der Waals surface area contributed by atoms with Gasteiger partial charge in [0, 0.05) is 0 Å². The first-order valence-electron chi connectivity index (χ1n) is 6.48. The Kier molecular flexibility index (Phi) is 7.21. The predicted octanol–water partition coefficient (Wildman–Crippen LogP) is 5.08. The second-order valence-electron chi connectivity index (χ2n) is 5.92. The lowest BCUT2D eigenvalue weighted by Crippen LogP contribution is -2.18. The van der Waals surface area contributed by atoms with Gasteiger partial charge in [0.25, 0.3) is 0 Å². The van der Waals surface area contributed by atoms with Crippen LogP contribution in [0.2, 0.25) is 0 Å². The highest BCUT2D eigenvalue weighted by molar-refractivity contribution is 4.69. The minimum atomic E-state index is -0.624. The molecule has 0 aromatic carbocycles. The predicted molar refractivity (Wildman–Crippen MR) is 66.8 cm³/mol. The largest absolute Gasteiger partial charge is 0.247 e. The lowest BCUT2D eigenvalue weighted by molar-refractivity contribution is 0.182. The summed E-state index contributed by atoms with van der Waals surface area (Å²) in [6, 6.07) is 0. The zero-order valence-corrected chi connectivity index (χ0v) is 11.4. The van der Waals surface area contributed by atoms with Crippen molar-refractivity contribution >= 4 is 0 Å². The van der Waals surface area contributed by atoms with Crippen LogP contribution in [-0.2, 0) is 0 Å². The summed E-state index contributed by atoms with van der Waals surface area (Å²) in [7, 11) is 0. The molecule has 0 heterocycles. The number of rotatable bonds is 7. The molecule has 0 aromatic rings. The maximum Gasteiger partial charge on any atom is 0.103 e. The molecule has 0 nitrogen and oxygen atoms in total. The quantitative estimate of drug-likeness (QED) is 0.557. The molecular formula is C14H29F. The van der Waals surface area contributed by atoms with Crippen LogP contribution in [-0.4, -0.2) is 6.17 Å². The molecule has 0 saturated carbocycles. The zero-order valence-electron chi connectivity index (χ0n) is 11.4. The van der Waals surface area contributed by atoms with Gasteiger partial charge in [0.05, 0.1) is 0 Å². The van der Waals surface area contributed by atoms with Crippen molar-refractivity contribution in [3.05, 3.63) is 0 Å². The normalized spacial score (nSPS) is 18.2. The maximum atomic E-state index is 13.5. The van der Waals surface area contributed by atoms with Gasteiger partial charge in [-0.05, 0) is 30.1 Å². The van der Waals surface area contributed by atoms with E-state index in [0.29, 0.717) is 11.8 Å². The molecule has 0 aromatic heterocycles. The standard InChI is InChI=1S/C14H29F/c1-10(2)7-8-12(5)13(6)9-14(15)11(3)4/h10-14H,7-9H2,1-6H3. The van der Waals surface area contributed by atoms with Gasteiger partial charge in [0.15, 0.2) is 0 Å². The fourth-order valence-electron chi connectivity index (χ4n) is 1.74. The topological polar surface area (TPSA) is 0 Å². The minimum Gasteiger partial charge on any atom is -0.247 e. The molecule has 3 unspecified atom stereocenters. The molecule has 92 valence electrons. The maximum absolute atomic E-state index is 13.5. The summed E-state index contributed by atoms with van der Waals surface area (Å²) in [6.45, 7) is 12.9. The molecule has 0 rings (SSSR count). The first-order valence-corrected chi connectivity index (χ1v) is 6.48. The Bertz CT molecular complexity index is 151. The Morgan fingerprint density at radius 2 is 1.33 bits per heavy atom. The van der Waals surface area contributed by atoms with Gasteiger partial charge in [-0.1, -0.05) is 54.4 Å². The Morgan fingerprint density at radius 3 is 1.73 bits per heavy atom. The van der Waals surface area contributed by atoms with E-state index in [1.807, 2.05) is 13.8 Å². The number of hydrogen-bond acceptors (Lipinski definition) is 0. The lowest BCUT2D eigenvalue weighted by atomic mass is 9.84. The van der Waals surface area contributed by atoms with Gasteiger partial charge in [0.2, 0.25) is 0 Å². The van der Waals surface area contributed by atoms with Crippen molar-refractivity contribution in [2.45, 2.75) is 67.0 Å². The van der Waals surface area contributed by atoms with E-state index in [2.05, 4.69) is 27.7 Å². The monoisotopic (exact) mass is 216 g/mol. The highest BCUT2D eigenvalue weighted by atomic mass is 19.1. The van der Waals surface area contributed by atoms with E-state index in [9.17, 15) is 4.39 Å². The van der Waals surface area contributed by atoms with Crippen molar-refractivity contribution < 1.29 is 4.39 Å². The van der Waals surface area contributed by atoms with Crippen molar-refractivity contribution in [2.24, 2.45) is 23.7 Å². The van der Waals surface area contributed by atoms with Crippen molar-refractivity contribution in [3.8, 4) is 0 Å². The summed E-state index contributed by atoms with van der Waals surface area (Å²) in [6.07, 6.45) is 2.62. The van der Waals surface area contributed by atoms with Gasteiger partial charge in [0.1, 0.15) is 6.17 Å². The zero-order chi connectivity index (χ0) is 12.0. The second kappa shape index (κ2) is 7.24. The van der Waals surface area contributed by atoms with Crippen LogP contribution in [0.25, 0.3) is 0 Å². The second-order valence-corrected chi connectivity index (χ2v) is 5.92. The summed E-state index contributed by atoms with van der Waals surface area (Å²) >= 11 is 0. The van der Waals surface area contributed by atoms with E-state index in [-0.39, 0.29) is 5.92 Å². The van der Waals surface area contributed by atoms with Gasteiger partial charge in [-0.25, -0.2) is 4.39 Å². The van der Waals surface area contributed by atoms with Crippen LogP contribution in [0, 0.1) is 23.7 Å². The van der Waals surface area contributed by atoms with Crippen molar-refractivity contribution in [1.29, 1.82) is 0 Å². The molecule has 0 aliphatic heterocycles. The van der Waals surface area contributed by atoms with Crippen LogP contribution in [0.1, 0.15) is 60.8 Å². The molecule has 0 aliphatic carbocycles. The average molecular weight is 216 g/mol. The number of alkyl halides is 1. The smallest absolute Gasteiger partial charge is 0.103 e. The van der Waals surface area contributed by atoms with E-state index >= 15 is 0 Å².